The van der Waals surface area contributed by atoms with E-state index in [0.717, 1.165) is 11.2 Å². The van der Waals surface area contributed by atoms with Gasteiger partial charge in [-0.1, -0.05) is 0 Å². The smallest absolute Gasteiger partial charge is 0.358 e. The summed E-state index contributed by atoms with van der Waals surface area (Å²) >= 11 is 0. The number of ether oxygens (including phenoxy) is 1. The molecule has 18 heavy (non-hydrogen) atoms. The Labute approximate surface area is 104 Å². The highest BCUT2D eigenvalue weighted by Gasteiger charge is 2.20. The van der Waals surface area contributed by atoms with Crippen LogP contribution in [0.4, 0.5) is 10.2 Å². The molecule has 4 N–H and O–H groups in total. The molecular formula is C11H15FN4O2. The highest BCUT2D eigenvalue weighted by atomic mass is 19.1. The zero-order valence-corrected chi connectivity index (χ0v) is 10.2. The maximum absolute atomic E-state index is 12.7. The van der Waals surface area contributed by atoms with Crippen LogP contribution in [0.15, 0.2) is 29.7 Å². The summed E-state index contributed by atoms with van der Waals surface area (Å²) in [5.41, 5.74) is 5.74. The van der Waals surface area contributed by atoms with Crippen LogP contribution >= 0.6 is 0 Å². The standard InChI is InChI=1S/C11H15FN4O2/c1-3-18-11(17)10(7(2)13)16(14)9-5-4-8(12)6-15-9/h4-6H,3,13-14H2,1-2H3/b10-7-. The number of allylic oxidation sites excluding steroid dienone is 1. The molecule has 0 amide bonds. The summed E-state index contributed by atoms with van der Waals surface area (Å²) in [4.78, 5) is 15.4. The highest BCUT2D eigenvalue weighted by Crippen LogP contribution is 2.15. The Kier molecular flexibility index (Phi) is 4.61. The SMILES string of the molecule is CCOC(=O)/C(=C(\C)N)N(N)c1ccc(F)cn1. The molecule has 0 saturated carbocycles. The predicted molar refractivity (Wildman–Crippen MR) is 64.4 cm³/mol. The molecule has 0 aliphatic heterocycles. The van der Waals surface area contributed by atoms with Crippen molar-refractivity contribution in [3.63, 3.8) is 0 Å². The monoisotopic (exact) mass is 254 g/mol. The first-order valence-corrected chi connectivity index (χ1v) is 5.27. The average molecular weight is 254 g/mol. The number of hydrogen-bond acceptors (Lipinski definition) is 6. The van der Waals surface area contributed by atoms with E-state index < -0.39 is 11.8 Å². The fraction of sp³-hybridized carbons (Fsp3) is 0.273. The molecule has 6 nitrogen and oxygen atoms in total. The molecular weight excluding hydrogens is 239 g/mol. The minimum Gasteiger partial charge on any atom is -0.461 e. The van der Waals surface area contributed by atoms with E-state index in [1.54, 1.807) is 6.92 Å². The molecule has 1 aromatic heterocycles. The number of anilines is 1. The lowest BCUT2D eigenvalue weighted by Crippen LogP contribution is -2.37. The number of hydrogen-bond donors (Lipinski definition) is 2. The fourth-order valence-electron chi connectivity index (χ4n) is 1.27. The third kappa shape index (κ3) is 3.17. The summed E-state index contributed by atoms with van der Waals surface area (Å²) in [6, 6.07) is 2.51. The molecule has 0 fully saturated rings. The molecule has 0 aromatic carbocycles. The van der Waals surface area contributed by atoms with E-state index in [1.165, 1.54) is 19.1 Å². The van der Waals surface area contributed by atoms with Crippen LogP contribution in [0.1, 0.15) is 13.8 Å². The molecule has 0 aliphatic rings. The van der Waals surface area contributed by atoms with Crippen LogP contribution in [0, 0.1) is 5.82 Å². The second-order valence-corrected chi connectivity index (χ2v) is 3.46. The quantitative estimate of drug-likeness (QED) is 0.354. The number of carbonyl (C=O) groups is 1. The summed E-state index contributed by atoms with van der Waals surface area (Å²) < 4.78 is 17.6. The molecule has 0 spiro atoms. The number of carbonyl (C=O) groups excluding carboxylic acids is 1. The van der Waals surface area contributed by atoms with Crippen molar-refractivity contribution in [3.05, 3.63) is 35.5 Å². The number of nitrogens with zero attached hydrogens (tertiary/aromatic N) is 2. The molecule has 0 saturated heterocycles. The van der Waals surface area contributed by atoms with Gasteiger partial charge in [-0.2, -0.15) is 0 Å². The van der Waals surface area contributed by atoms with Crippen LogP contribution in [0.3, 0.4) is 0 Å². The van der Waals surface area contributed by atoms with Gasteiger partial charge in [0.05, 0.1) is 12.8 Å². The second-order valence-electron chi connectivity index (χ2n) is 3.46. The summed E-state index contributed by atoms with van der Waals surface area (Å²) in [5.74, 6) is 4.75. The van der Waals surface area contributed by atoms with Gasteiger partial charge in [0, 0.05) is 5.70 Å². The van der Waals surface area contributed by atoms with Crippen molar-refractivity contribution in [2.24, 2.45) is 11.6 Å². The number of nitrogens with two attached hydrogens (primary N) is 2. The predicted octanol–water partition coefficient (Wildman–Crippen LogP) is 0.654. The number of rotatable bonds is 4. The first-order valence-electron chi connectivity index (χ1n) is 5.27. The molecule has 0 atom stereocenters. The Bertz CT molecular complexity index is 455. The van der Waals surface area contributed by atoms with Crippen molar-refractivity contribution < 1.29 is 13.9 Å². The van der Waals surface area contributed by atoms with E-state index >= 15 is 0 Å². The third-order valence-electron chi connectivity index (χ3n) is 2.04. The third-order valence-corrected chi connectivity index (χ3v) is 2.04. The molecule has 1 rings (SSSR count). The molecule has 0 aliphatic carbocycles. The Morgan fingerprint density at radius 3 is 2.67 bits per heavy atom. The van der Waals surface area contributed by atoms with Crippen molar-refractivity contribution in [1.82, 2.24) is 4.98 Å². The zero-order valence-electron chi connectivity index (χ0n) is 10.2. The number of aromatic nitrogens is 1. The summed E-state index contributed by atoms with van der Waals surface area (Å²) in [7, 11) is 0. The maximum Gasteiger partial charge on any atom is 0.358 e. The number of esters is 1. The zero-order chi connectivity index (χ0) is 13.7. The molecule has 0 bridgehead atoms. The number of halogens is 1. The lowest BCUT2D eigenvalue weighted by atomic mass is 10.3. The lowest BCUT2D eigenvalue weighted by molar-refractivity contribution is -0.138. The molecule has 98 valence electrons. The van der Waals surface area contributed by atoms with Gasteiger partial charge in [-0.15, -0.1) is 0 Å². The van der Waals surface area contributed by atoms with Gasteiger partial charge < -0.3 is 10.5 Å². The van der Waals surface area contributed by atoms with Gasteiger partial charge in [0.1, 0.15) is 11.6 Å². The summed E-state index contributed by atoms with van der Waals surface area (Å²) in [5, 5.41) is 0.965. The van der Waals surface area contributed by atoms with Crippen molar-refractivity contribution in [2.75, 3.05) is 11.6 Å². The van der Waals surface area contributed by atoms with Crippen LogP contribution in [-0.4, -0.2) is 17.6 Å². The fourth-order valence-corrected chi connectivity index (χ4v) is 1.27. The van der Waals surface area contributed by atoms with Gasteiger partial charge in [0.25, 0.3) is 0 Å². The number of hydrazine groups is 1. The largest absolute Gasteiger partial charge is 0.461 e. The minimum absolute atomic E-state index is 0.0315. The van der Waals surface area contributed by atoms with E-state index in [-0.39, 0.29) is 23.8 Å². The van der Waals surface area contributed by atoms with Crippen LogP contribution in [0.2, 0.25) is 0 Å². The minimum atomic E-state index is -0.661. The van der Waals surface area contributed by atoms with E-state index in [4.69, 9.17) is 16.3 Å². The average Bonchev–Trinajstić information content (AvgIpc) is 2.29. The van der Waals surface area contributed by atoms with Crippen molar-refractivity contribution in [3.8, 4) is 0 Å². The normalized spacial score (nSPS) is 11.8. The van der Waals surface area contributed by atoms with E-state index in [1.807, 2.05) is 0 Å². The van der Waals surface area contributed by atoms with E-state index in [2.05, 4.69) is 4.98 Å². The maximum atomic E-state index is 12.7. The van der Waals surface area contributed by atoms with Crippen LogP contribution in [0.5, 0.6) is 0 Å². The van der Waals surface area contributed by atoms with Gasteiger partial charge in [0.15, 0.2) is 5.70 Å². The van der Waals surface area contributed by atoms with E-state index in [9.17, 15) is 9.18 Å². The van der Waals surface area contributed by atoms with Crippen molar-refractivity contribution >= 4 is 11.8 Å². The molecule has 0 radical (unpaired) electrons. The summed E-state index contributed by atoms with van der Waals surface area (Å²) in [6.45, 7) is 3.37. The van der Waals surface area contributed by atoms with Gasteiger partial charge in [-0.25, -0.2) is 20.0 Å². The van der Waals surface area contributed by atoms with Crippen molar-refractivity contribution in [2.45, 2.75) is 13.8 Å². The topological polar surface area (TPSA) is 94.5 Å². The molecule has 0 unspecified atom stereocenters. The molecule has 1 aromatic rings. The second kappa shape index (κ2) is 5.97. The van der Waals surface area contributed by atoms with Crippen molar-refractivity contribution in [1.29, 1.82) is 0 Å². The van der Waals surface area contributed by atoms with Crippen LogP contribution in [0.25, 0.3) is 0 Å². The Morgan fingerprint density at radius 2 is 2.22 bits per heavy atom. The number of pyridine rings is 1. The Balaban J connectivity index is 3.05. The van der Waals surface area contributed by atoms with Crippen LogP contribution in [-0.2, 0) is 9.53 Å². The van der Waals surface area contributed by atoms with Gasteiger partial charge in [-0.3, -0.25) is 5.01 Å². The Morgan fingerprint density at radius 1 is 1.56 bits per heavy atom. The first kappa shape index (κ1) is 13.9. The highest BCUT2D eigenvalue weighted by molar-refractivity contribution is 5.92. The van der Waals surface area contributed by atoms with Crippen LogP contribution < -0.4 is 16.6 Å². The first-order chi connectivity index (χ1) is 8.47. The van der Waals surface area contributed by atoms with Gasteiger partial charge in [-0.05, 0) is 26.0 Å². The van der Waals surface area contributed by atoms with E-state index in [0.29, 0.717) is 0 Å². The molecule has 1 heterocycles. The Hall–Kier alpha value is -2.15. The lowest BCUT2D eigenvalue weighted by Gasteiger charge is -2.20. The molecule has 7 heteroatoms. The van der Waals surface area contributed by atoms with Gasteiger partial charge >= 0.3 is 5.97 Å². The summed E-state index contributed by atoms with van der Waals surface area (Å²) in [6.07, 6.45) is 0.990. The van der Waals surface area contributed by atoms with Gasteiger partial charge in [0.2, 0.25) is 0 Å².